The van der Waals surface area contributed by atoms with Crippen LogP contribution in [0.1, 0.15) is 30.1 Å². The number of carbonyl (C=O) groups excluding carboxylic acids is 3. The summed E-state index contributed by atoms with van der Waals surface area (Å²) in [5.74, 6) is 0.784. The van der Waals surface area contributed by atoms with Crippen LogP contribution < -0.4 is 19.1 Å². The number of Topliss-reactive ketones (excluding diaryl/α,β-unsaturated/α-hetero) is 1. The van der Waals surface area contributed by atoms with E-state index >= 15 is 0 Å². The molecule has 1 fully saturated rings. The number of fused-ring (bicyclic) bond motifs is 1. The Morgan fingerprint density at radius 3 is 2.53 bits per heavy atom. The van der Waals surface area contributed by atoms with Gasteiger partial charge in [-0.25, -0.2) is 0 Å². The lowest BCUT2D eigenvalue weighted by molar-refractivity contribution is -0.133. The fraction of sp³-hybridized carbons (Fsp3) is 0.375. The first-order valence-electron chi connectivity index (χ1n) is 10.7. The van der Waals surface area contributed by atoms with Crippen LogP contribution in [-0.4, -0.2) is 62.0 Å². The van der Waals surface area contributed by atoms with Gasteiger partial charge in [0.1, 0.15) is 11.8 Å². The molecule has 4 rings (SSSR count). The summed E-state index contributed by atoms with van der Waals surface area (Å²) >= 11 is 0. The van der Waals surface area contributed by atoms with Crippen molar-refractivity contribution in [1.29, 1.82) is 0 Å². The van der Waals surface area contributed by atoms with Crippen molar-refractivity contribution < 1.29 is 28.6 Å². The molecule has 2 aliphatic rings. The van der Waals surface area contributed by atoms with Crippen LogP contribution in [0.25, 0.3) is 0 Å². The molecule has 2 aromatic rings. The molecule has 2 heterocycles. The van der Waals surface area contributed by atoms with Crippen LogP contribution in [0.5, 0.6) is 17.2 Å². The molecule has 2 amide bonds. The molecule has 0 spiro atoms. The van der Waals surface area contributed by atoms with Crippen LogP contribution >= 0.6 is 0 Å². The molecule has 2 aliphatic heterocycles. The Hall–Kier alpha value is -3.55. The fourth-order valence-corrected chi connectivity index (χ4v) is 4.05. The van der Waals surface area contributed by atoms with E-state index in [1.807, 2.05) is 6.07 Å². The molecule has 8 nitrogen and oxygen atoms in total. The predicted octanol–water partition coefficient (Wildman–Crippen LogP) is 2.69. The maximum absolute atomic E-state index is 12.9. The number of hydrogen-bond donors (Lipinski definition) is 0. The topological polar surface area (TPSA) is 85.4 Å². The van der Waals surface area contributed by atoms with Gasteiger partial charge in [0.15, 0.2) is 30.5 Å². The van der Waals surface area contributed by atoms with Gasteiger partial charge in [-0.3, -0.25) is 19.3 Å². The molecule has 0 bridgehead atoms. The molecule has 0 aliphatic carbocycles. The fourth-order valence-electron chi connectivity index (χ4n) is 4.05. The lowest BCUT2D eigenvalue weighted by Crippen LogP contribution is -2.52. The summed E-state index contributed by atoms with van der Waals surface area (Å²) in [7, 11) is 1.53. The van der Waals surface area contributed by atoms with Gasteiger partial charge in [-0.1, -0.05) is 12.1 Å². The maximum Gasteiger partial charge on any atom is 0.265 e. The first kappa shape index (κ1) is 21.7. The monoisotopic (exact) mass is 438 g/mol. The van der Waals surface area contributed by atoms with Crippen molar-refractivity contribution in [3.05, 3.63) is 48.0 Å². The summed E-state index contributed by atoms with van der Waals surface area (Å²) in [6, 6.07) is 11.3. The normalized spacial score (nSPS) is 16.2. The third-order valence-electron chi connectivity index (χ3n) is 5.75. The van der Waals surface area contributed by atoms with Crippen molar-refractivity contribution in [2.45, 2.75) is 25.8 Å². The number of rotatable bonds is 7. The minimum atomic E-state index is -0.682. The molecule has 0 unspecified atom stereocenters. The lowest BCUT2D eigenvalue weighted by atomic mass is 10.1. The largest absolute Gasteiger partial charge is 0.493 e. The van der Waals surface area contributed by atoms with Crippen molar-refractivity contribution in [2.24, 2.45) is 0 Å². The van der Waals surface area contributed by atoms with Gasteiger partial charge in [-0.05, 0) is 50.1 Å². The van der Waals surface area contributed by atoms with Crippen molar-refractivity contribution in [2.75, 3.05) is 38.3 Å². The minimum Gasteiger partial charge on any atom is -0.493 e. The van der Waals surface area contributed by atoms with Crippen molar-refractivity contribution in [1.82, 2.24) is 4.90 Å². The average molecular weight is 438 g/mol. The van der Waals surface area contributed by atoms with Crippen molar-refractivity contribution in [3.63, 3.8) is 0 Å². The Kier molecular flexibility index (Phi) is 6.30. The standard InChI is InChI=1S/C24H26N2O6/c1-16(24(29)25-11-5-6-12-25)26-18-13-17(9-10-20(18)32-15-23(26)28)19(27)14-31-22-8-4-3-7-21(22)30-2/h3-4,7-10,13,16H,5-6,11-12,14-15H2,1-2H3/t16-/m1/s1. The highest BCUT2D eigenvalue weighted by Crippen LogP contribution is 2.35. The van der Waals surface area contributed by atoms with E-state index in [-0.39, 0.29) is 30.8 Å². The number of ketones is 1. The summed E-state index contributed by atoms with van der Waals surface area (Å²) < 4.78 is 16.4. The molecule has 0 N–H and O–H groups in total. The summed E-state index contributed by atoms with van der Waals surface area (Å²) in [5, 5.41) is 0. The molecule has 1 saturated heterocycles. The number of nitrogens with zero attached hydrogens (tertiary/aromatic N) is 2. The summed E-state index contributed by atoms with van der Waals surface area (Å²) in [6.07, 6.45) is 1.94. The Labute approximate surface area is 186 Å². The van der Waals surface area contributed by atoms with Crippen LogP contribution in [0.4, 0.5) is 5.69 Å². The van der Waals surface area contributed by atoms with Gasteiger partial charge in [-0.2, -0.15) is 0 Å². The molecule has 0 saturated carbocycles. The van der Waals surface area contributed by atoms with Gasteiger partial charge in [0.25, 0.3) is 5.91 Å². The lowest BCUT2D eigenvalue weighted by Gasteiger charge is -2.35. The average Bonchev–Trinajstić information content (AvgIpc) is 3.36. The van der Waals surface area contributed by atoms with Crippen LogP contribution in [0.2, 0.25) is 0 Å². The van der Waals surface area contributed by atoms with E-state index in [0.29, 0.717) is 41.6 Å². The zero-order valence-electron chi connectivity index (χ0n) is 18.2. The van der Waals surface area contributed by atoms with Gasteiger partial charge in [0.2, 0.25) is 5.91 Å². The number of carbonyl (C=O) groups is 3. The summed E-state index contributed by atoms with van der Waals surface area (Å²) in [6.45, 7) is 2.78. The predicted molar refractivity (Wildman–Crippen MR) is 118 cm³/mol. The highest BCUT2D eigenvalue weighted by molar-refractivity contribution is 6.05. The third-order valence-corrected chi connectivity index (χ3v) is 5.75. The molecule has 1 atom stereocenters. The molecular weight excluding hydrogens is 412 g/mol. The van der Waals surface area contributed by atoms with Crippen molar-refractivity contribution >= 4 is 23.3 Å². The van der Waals surface area contributed by atoms with Gasteiger partial charge < -0.3 is 19.1 Å². The van der Waals surface area contributed by atoms with Crippen LogP contribution in [0.15, 0.2) is 42.5 Å². The number of anilines is 1. The second-order valence-electron chi connectivity index (χ2n) is 7.81. The quantitative estimate of drug-likeness (QED) is 0.618. The number of ether oxygens (including phenoxy) is 3. The SMILES string of the molecule is COc1ccccc1OCC(=O)c1ccc2c(c1)N([C@H](C)C(=O)N1CCCC1)C(=O)CO2. The second kappa shape index (κ2) is 9.30. The van der Waals surface area contributed by atoms with Gasteiger partial charge >= 0.3 is 0 Å². The zero-order valence-corrected chi connectivity index (χ0v) is 18.2. The Morgan fingerprint density at radius 2 is 1.81 bits per heavy atom. The molecule has 8 heteroatoms. The number of para-hydroxylation sites is 2. The molecule has 0 aromatic heterocycles. The molecule has 32 heavy (non-hydrogen) atoms. The van der Waals surface area contributed by atoms with E-state index in [1.165, 1.54) is 12.0 Å². The van der Waals surface area contributed by atoms with E-state index in [9.17, 15) is 14.4 Å². The number of hydrogen-bond acceptors (Lipinski definition) is 6. The smallest absolute Gasteiger partial charge is 0.265 e. The second-order valence-corrected chi connectivity index (χ2v) is 7.81. The number of benzene rings is 2. The van der Waals surface area contributed by atoms with E-state index in [2.05, 4.69) is 0 Å². The Balaban J connectivity index is 1.54. The molecule has 2 aromatic carbocycles. The van der Waals surface area contributed by atoms with Crippen LogP contribution in [0.3, 0.4) is 0 Å². The number of amides is 2. The summed E-state index contributed by atoms with van der Waals surface area (Å²) in [5.41, 5.74) is 0.784. The van der Waals surface area contributed by atoms with E-state index in [1.54, 1.807) is 48.2 Å². The summed E-state index contributed by atoms with van der Waals surface area (Å²) in [4.78, 5) is 41.7. The maximum atomic E-state index is 12.9. The molecule has 168 valence electrons. The minimum absolute atomic E-state index is 0.0973. The van der Waals surface area contributed by atoms with E-state index in [0.717, 1.165) is 12.8 Å². The van der Waals surface area contributed by atoms with Gasteiger partial charge in [0, 0.05) is 18.7 Å². The highest BCUT2D eigenvalue weighted by atomic mass is 16.5. The molecule has 0 radical (unpaired) electrons. The number of likely N-dealkylation sites (tertiary alicyclic amines) is 1. The Morgan fingerprint density at radius 1 is 1.09 bits per heavy atom. The Bertz CT molecular complexity index is 1030. The first-order valence-corrected chi connectivity index (χ1v) is 10.7. The van der Waals surface area contributed by atoms with Crippen LogP contribution in [-0.2, 0) is 9.59 Å². The first-order chi connectivity index (χ1) is 15.5. The zero-order chi connectivity index (χ0) is 22.7. The highest BCUT2D eigenvalue weighted by Gasteiger charge is 2.36. The third kappa shape index (κ3) is 4.26. The number of methoxy groups -OCH3 is 1. The van der Waals surface area contributed by atoms with E-state index in [4.69, 9.17) is 14.2 Å². The van der Waals surface area contributed by atoms with E-state index < -0.39 is 6.04 Å². The molecular formula is C24H26N2O6. The van der Waals surface area contributed by atoms with Gasteiger partial charge in [-0.15, -0.1) is 0 Å². The van der Waals surface area contributed by atoms with Gasteiger partial charge in [0.05, 0.1) is 12.8 Å². The van der Waals surface area contributed by atoms with Crippen LogP contribution in [0, 0.1) is 0 Å². The van der Waals surface area contributed by atoms with Crippen molar-refractivity contribution in [3.8, 4) is 17.2 Å².